The highest BCUT2D eigenvalue weighted by Crippen LogP contribution is 2.17. The van der Waals surface area contributed by atoms with Crippen LogP contribution in [-0.4, -0.2) is 62.7 Å². The van der Waals surface area contributed by atoms with Crippen molar-refractivity contribution in [2.45, 2.75) is 58.4 Å². The van der Waals surface area contributed by atoms with Gasteiger partial charge in [0, 0.05) is 38.6 Å². The number of guanidine groups is 1. The molecule has 7 heteroatoms. The first kappa shape index (κ1) is 24.2. The Balaban J connectivity index is 0.00000364. The maximum absolute atomic E-state index is 12.5. The Labute approximate surface area is 181 Å². The predicted molar refractivity (Wildman–Crippen MR) is 122 cm³/mol. The molecule has 0 atom stereocenters. The first-order chi connectivity index (χ1) is 12.7. The third-order valence-corrected chi connectivity index (χ3v) is 5.50. The van der Waals surface area contributed by atoms with E-state index in [1.807, 2.05) is 11.9 Å². The van der Waals surface area contributed by atoms with E-state index in [-0.39, 0.29) is 29.9 Å². The molecular weight excluding hydrogens is 455 g/mol. The van der Waals surface area contributed by atoms with Gasteiger partial charge >= 0.3 is 0 Å². The Kier molecular flexibility index (Phi) is 12.0. The quantitative estimate of drug-likeness (QED) is 0.248. The summed E-state index contributed by atoms with van der Waals surface area (Å²) in [7, 11) is 1.81. The van der Waals surface area contributed by atoms with Gasteiger partial charge in [0.05, 0.1) is 13.2 Å². The summed E-state index contributed by atoms with van der Waals surface area (Å²) in [6.45, 7) is 8.37. The van der Waals surface area contributed by atoms with E-state index >= 15 is 0 Å². The van der Waals surface area contributed by atoms with Gasteiger partial charge in [0.2, 0.25) is 5.91 Å². The number of likely N-dealkylation sites (tertiary alicyclic amines) is 1. The Morgan fingerprint density at radius 3 is 2.59 bits per heavy atom. The Bertz CT molecular complexity index is 498. The molecule has 0 aliphatic carbocycles. The predicted octanol–water partition coefficient (Wildman–Crippen LogP) is 2.93. The van der Waals surface area contributed by atoms with Gasteiger partial charge < -0.3 is 20.3 Å². The number of piperidine rings is 1. The number of halogens is 1. The number of carbonyl (C=O) groups is 1. The number of aliphatic imine (C=N–C) groups is 1. The third kappa shape index (κ3) is 7.97. The van der Waals surface area contributed by atoms with Gasteiger partial charge in [-0.3, -0.25) is 9.79 Å². The van der Waals surface area contributed by atoms with E-state index in [0.29, 0.717) is 11.9 Å². The van der Waals surface area contributed by atoms with Crippen LogP contribution in [0.4, 0.5) is 0 Å². The molecule has 2 heterocycles. The van der Waals surface area contributed by atoms with E-state index in [9.17, 15) is 4.79 Å². The summed E-state index contributed by atoms with van der Waals surface area (Å²) in [5.74, 6) is 1.39. The van der Waals surface area contributed by atoms with Crippen molar-refractivity contribution in [3.63, 3.8) is 0 Å². The van der Waals surface area contributed by atoms with Crippen molar-refractivity contribution < 1.29 is 9.53 Å². The molecule has 0 aromatic heterocycles. The van der Waals surface area contributed by atoms with E-state index in [1.165, 1.54) is 5.57 Å². The second-order valence-corrected chi connectivity index (χ2v) is 7.19. The van der Waals surface area contributed by atoms with Crippen molar-refractivity contribution in [3.05, 3.63) is 11.6 Å². The molecule has 2 rings (SSSR count). The Hall–Kier alpha value is -0.830. The van der Waals surface area contributed by atoms with E-state index in [1.54, 1.807) is 0 Å². The summed E-state index contributed by atoms with van der Waals surface area (Å²) in [5.41, 5.74) is 1.47. The van der Waals surface area contributed by atoms with E-state index < -0.39 is 0 Å². The molecule has 1 fully saturated rings. The SMILES string of the molecule is CCC(CC)C(=O)N1CCC(NC(=NC)NCCC2=CCOCC2)CC1.I. The van der Waals surface area contributed by atoms with Crippen LogP contribution in [0.25, 0.3) is 0 Å². The zero-order valence-corrected chi connectivity index (χ0v) is 19.5. The molecule has 156 valence electrons. The first-order valence-corrected chi connectivity index (χ1v) is 10.2. The molecule has 1 saturated heterocycles. The molecule has 6 nitrogen and oxygen atoms in total. The molecule has 0 bridgehead atoms. The summed E-state index contributed by atoms with van der Waals surface area (Å²) >= 11 is 0. The van der Waals surface area contributed by atoms with Gasteiger partial charge in [-0.15, -0.1) is 24.0 Å². The van der Waals surface area contributed by atoms with Crippen LogP contribution in [0, 0.1) is 5.92 Å². The average Bonchev–Trinajstić information content (AvgIpc) is 2.69. The number of nitrogens with zero attached hydrogens (tertiary/aromatic N) is 2. The average molecular weight is 492 g/mol. The molecule has 0 aromatic carbocycles. The highest BCUT2D eigenvalue weighted by molar-refractivity contribution is 14.0. The molecule has 0 spiro atoms. The minimum atomic E-state index is 0. The molecule has 0 saturated carbocycles. The lowest BCUT2D eigenvalue weighted by Gasteiger charge is -2.34. The summed E-state index contributed by atoms with van der Waals surface area (Å²) < 4.78 is 5.34. The molecule has 0 aromatic rings. The molecule has 0 unspecified atom stereocenters. The van der Waals surface area contributed by atoms with Crippen LogP contribution in [-0.2, 0) is 9.53 Å². The molecule has 2 aliphatic heterocycles. The monoisotopic (exact) mass is 492 g/mol. The fourth-order valence-electron chi connectivity index (χ4n) is 3.66. The fraction of sp³-hybridized carbons (Fsp3) is 0.800. The second-order valence-electron chi connectivity index (χ2n) is 7.19. The third-order valence-electron chi connectivity index (χ3n) is 5.50. The fourth-order valence-corrected chi connectivity index (χ4v) is 3.66. The largest absolute Gasteiger partial charge is 0.377 e. The normalized spacial score (nSPS) is 18.7. The zero-order valence-electron chi connectivity index (χ0n) is 17.1. The van der Waals surface area contributed by atoms with Gasteiger partial charge in [0.1, 0.15) is 0 Å². The molecule has 27 heavy (non-hydrogen) atoms. The van der Waals surface area contributed by atoms with Gasteiger partial charge in [-0.2, -0.15) is 0 Å². The highest BCUT2D eigenvalue weighted by atomic mass is 127. The van der Waals surface area contributed by atoms with Crippen LogP contribution < -0.4 is 10.6 Å². The number of nitrogens with one attached hydrogen (secondary N) is 2. The minimum absolute atomic E-state index is 0. The number of ether oxygens (including phenoxy) is 1. The number of hydrogen-bond donors (Lipinski definition) is 2. The highest BCUT2D eigenvalue weighted by Gasteiger charge is 2.26. The number of amides is 1. The van der Waals surface area contributed by atoms with Crippen molar-refractivity contribution in [2.24, 2.45) is 10.9 Å². The maximum atomic E-state index is 12.5. The maximum Gasteiger partial charge on any atom is 0.225 e. The van der Waals surface area contributed by atoms with Crippen molar-refractivity contribution in [1.29, 1.82) is 0 Å². The van der Waals surface area contributed by atoms with E-state index in [0.717, 1.165) is 77.3 Å². The zero-order chi connectivity index (χ0) is 18.8. The van der Waals surface area contributed by atoms with Crippen molar-refractivity contribution in [3.8, 4) is 0 Å². The van der Waals surface area contributed by atoms with Crippen LogP contribution in [0.5, 0.6) is 0 Å². The van der Waals surface area contributed by atoms with E-state index in [2.05, 4.69) is 35.5 Å². The van der Waals surface area contributed by atoms with Gasteiger partial charge in [0.25, 0.3) is 0 Å². The number of rotatable bonds is 7. The van der Waals surface area contributed by atoms with Crippen molar-refractivity contribution in [1.82, 2.24) is 15.5 Å². The van der Waals surface area contributed by atoms with Crippen molar-refractivity contribution >= 4 is 35.8 Å². The van der Waals surface area contributed by atoms with Crippen LogP contribution in [0.1, 0.15) is 52.4 Å². The lowest BCUT2D eigenvalue weighted by atomic mass is 9.98. The number of hydrogen-bond acceptors (Lipinski definition) is 3. The molecule has 1 amide bonds. The summed E-state index contributed by atoms with van der Waals surface area (Å²) in [6, 6.07) is 0.384. The topological polar surface area (TPSA) is 66.0 Å². The number of carbonyl (C=O) groups excluding carboxylic acids is 1. The smallest absolute Gasteiger partial charge is 0.225 e. The first-order valence-electron chi connectivity index (χ1n) is 10.2. The Morgan fingerprint density at radius 2 is 2.04 bits per heavy atom. The van der Waals surface area contributed by atoms with E-state index in [4.69, 9.17) is 4.74 Å². The standard InChI is InChI=1S/C20H36N4O2.HI/c1-4-17(5-2)19(25)24-12-7-18(8-13-24)23-20(21-3)22-11-6-16-9-14-26-15-10-16;/h9,17-18H,4-8,10-15H2,1-3H3,(H2,21,22,23);1H. The van der Waals surface area contributed by atoms with Crippen LogP contribution in [0.15, 0.2) is 16.6 Å². The molecule has 2 aliphatic rings. The molecule has 2 N–H and O–H groups in total. The van der Waals surface area contributed by atoms with Gasteiger partial charge in [0.15, 0.2) is 5.96 Å². The lowest BCUT2D eigenvalue weighted by molar-refractivity contribution is -0.136. The van der Waals surface area contributed by atoms with Crippen LogP contribution in [0.3, 0.4) is 0 Å². The minimum Gasteiger partial charge on any atom is -0.377 e. The summed E-state index contributed by atoms with van der Waals surface area (Å²) in [4.78, 5) is 18.9. The van der Waals surface area contributed by atoms with Gasteiger partial charge in [-0.1, -0.05) is 25.5 Å². The van der Waals surface area contributed by atoms with Crippen LogP contribution >= 0.6 is 24.0 Å². The van der Waals surface area contributed by atoms with Gasteiger partial charge in [-0.05, 0) is 38.5 Å². The molecule has 0 radical (unpaired) electrons. The second kappa shape index (κ2) is 13.4. The lowest BCUT2D eigenvalue weighted by Crippen LogP contribution is -2.50. The van der Waals surface area contributed by atoms with Crippen LogP contribution in [0.2, 0.25) is 0 Å². The van der Waals surface area contributed by atoms with Gasteiger partial charge in [-0.25, -0.2) is 0 Å². The summed E-state index contributed by atoms with van der Waals surface area (Å²) in [5, 5.41) is 6.93. The summed E-state index contributed by atoms with van der Waals surface area (Å²) in [6.07, 6.45) is 8.10. The van der Waals surface area contributed by atoms with Crippen molar-refractivity contribution in [2.75, 3.05) is 39.9 Å². The Morgan fingerprint density at radius 1 is 1.33 bits per heavy atom. The molecular formula is C20H37IN4O2.